The second-order valence-corrected chi connectivity index (χ2v) is 6.97. The van der Waals surface area contributed by atoms with Gasteiger partial charge in [0.1, 0.15) is 5.82 Å². The summed E-state index contributed by atoms with van der Waals surface area (Å²) >= 11 is 6.56. The van der Waals surface area contributed by atoms with Gasteiger partial charge in [-0.2, -0.15) is 0 Å². The number of allylic oxidation sites excluding steroid dienone is 2. The van der Waals surface area contributed by atoms with Crippen LogP contribution in [0.3, 0.4) is 0 Å². The molecule has 0 unspecified atom stereocenters. The molecule has 1 aliphatic heterocycles. The average molecular weight is 355 g/mol. The molecule has 24 heavy (non-hydrogen) atoms. The van der Waals surface area contributed by atoms with E-state index in [1.54, 1.807) is 12.1 Å². The van der Waals surface area contributed by atoms with Crippen LogP contribution in [0.25, 0.3) is 6.08 Å². The standard InChI is InChI=1S/C19H14FNOS2/c1-13(11-14-5-3-2-4-6-14)12-17-18(22)21(19(23)24-17)16-9-7-15(20)8-10-16/h2-12H,1H3/b13-11+,17-12+. The number of carbonyl (C=O) groups is 1. The maximum Gasteiger partial charge on any atom is 0.270 e. The lowest BCUT2D eigenvalue weighted by Gasteiger charge is -2.14. The highest BCUT2D eigenvalue weighted by Gasteiger charge is 2.33. The summed E-state index contributed by atoms with van der Waals surface area (Å²) < 4.78 is 13.5. The Kier molecular flexibility index (Phi) is 4.92. The molecule has 1 fully saturated rings. The molecule has 0 radical (unpaired) electrons. The third-order valence-corrected chi connectivity index (χ3v) is 4.73. The van der Waals surface area contributed by atoms with Crippen LogP contribution >= 0.6 is 24.0 Å². The Bertz CT molecular complexity index is 841. The topological polar surface area (TPSA) is 20.3 Å². The molecule has 1 heterocycles. The van der Waals surface area contributed by atoms with Gasteiger partial charge in [-0.3, -0.25) is 9.69 Å². The lowest BCUT2D eigenvalue weighted by Crippen LogP contribution is -2.27. The molecular weight excluding hydrogens is 341 g/mol. The van der Waals surface area contributed by atoms with E-state index in [0.717, 1.165) is 11.1 Å². The average Bonchev–Trinajstić information content (AvgIpc) is 2.83. The number of thioether (sulfide) groups is 1. The first-order valence-corrected chi connectivity index (χ1v) is 8.54. The van der Waals surface area contributed by atoms with Gasteiger partial charge in [0.05, 0.1) is 10.6 Å². The predicted octanol–water partition coefficient (Wildman–Crippen LogP) is 5.18. The van der Waals surface area contributed by atoms with Crippen LogP contribution in [0.2, 0.25) is 0 Å². The second kappa shape index (κ2) is 7.11. The Morgan fingerprint density at radius 1 is 1.12 bits per heavy atom. The predicted molar refractivity (Wildman–Crippen MR) is 102 cm³/mol. The van der Waals surface area contributed by atoms with Crippen molar-refractivity contribution in [2.45, 2.75) is 6.92 Å². The zero-order valence-corrected chi connectivity index (χ0v) is 14.5. The van der Waals surface area contributed by atoms with Crippen LogP contribution in [0.4, 0.5) is 10.1 Å². The number of hydrogen-bond donors (Lipinski definition) is 0. The highest BCUT2D eigenvalue weighted by molar-refractivity contribution is 8.27. The summed E-state index contributed by atoms with van der Waals surface area (Å²) in [4.78, 5) is 14.6. The van der Waals surface area contributed by atoms with Crippen molar-refractivity contribution < 1.29 is 9.18 Å². The van der Waals surface area contributed by atoms with E-state index in [2.05, 4.69) is 0 Å². The minimum atomic E-state index is -0.346. The van der Waals surface area contributed by atoms with Crippen LogP contribution < -0.4 is 4.90 Å². The van der Waals surface area contributed by atoms with Crippen LogP contribution in [0.5, 0.6) is 0 Å². The molecule has 1 aliphatic rings. The van der Waals surface area contributed by atoms with Crippen LogP contribution in [-0.2, 0) is 4.79 Å². The fourth-order valence-electron chi connectivity index (χ4n) is 2.34. The van der Waals surface area contributed by atoms with Gasteiger partial charge in [-0.05, 0) is 48.4 Å². The molecule has 3 rings (SSSR count). The number of amides is 1. The maximum atomic E-state index is 13.1. The molecule has 0 spiro atoms. The summed E-state index contributed by atoms with van der Waals surface area (Å²) in [5.41, 5.74) is 2.60. The minimum absolute atomic E-state index is 0.183. The van der Waals surface area contributed by atoms with Crippen LogP contribution in [-0.4, -0.2) is 10.2 Å². The summed E-state index contributed by atoms with van der Waals surface area (Å²) in [7, 11) is 0. The Morgan fingerprint density at radius 2 is 1.79 bits per heavy atom. The normalized spacial score (nSPS) is 17.0. The SMILES string of the molecule is CC(=C\c1ccccc1)/C=C1/SC(=S)N(c2ccc(F)cc2)C1=O. The molecule has 1 amide bonds. The van der Waals surface area contributed by atoms with E-state index in [4.69, 9.17) is 12.2 Å². The number of benzene rings is 2. The van der Waals surface area contributed by atoms with Gasteiger partial charge in [0.15, 0.2) is 4.32 Å². The number of anilines is 1. The van der Waals surface area contributed by atoms with Gasteiger partial charge in [-0.1, -0.05) is 60.4 Å². The lowest BCUT2D eigenvalue weighted by molar-refractivity contribution is -0.113. The minimum Gasteiger partial charge on any atom is -0.268 e. The third kappa shape index (κ3) is 3.63. The fourth-order valence-corrected chi connectivity index (χ4v) is 3.69. The summed E-state index contributed by atoms with van der Waals surface area (Å²) in [6.07, 6.45) is 3.83. The first-order valence-electron chi connectivity index (χ1n) is 7.31. The van der Waals surface area contributed by atoms with Crippen LogP contribution in [0.1, 0.15) is 12.5 Å². The van der Waals surface area contributed by atoms with Crippen molar-refractivity contribution >= 4 is 46.0 Å². The molecular formula is C19H14FNOS2. The van der Waals surface area contributed by atoms with E-state index in [-0.39, 0.29) is 11.7 Å². The van der Waals surface area contributed by atoms with E-state index in [0.29, 0.717) is 14.9 Å². The summed E-state index contributed by atoms with van der Waals surface area (Å²) in [6, 6.07) is 15.6. The molecule has 2 nitrogen and oxygen atoms in total. The van der Waals surface area contributed by atoms with Crippen molar-refractivity contribution in [3.05, 3.63) is 82.5 Å². The van der Waals surface area contributed by atoms with Gasteiger partial charge < -0.3 is 0 Å². The number of carbonyl (C=O) groups excluding carboxylic acids is 1. The van der Waals surface area contributed by atoms with Crippen molar-refractivity contribution in [1.82, 2.24) is 0 Å². The maximum absolute atomic E-state index is 13.1. The van der Waals surface area contributed by atoms with Gasteiger partial charge >= 0.3 is 0 Å². The van der Waals surface area contributed by atoms with Crippen LogP contribution in [0, 0.1) is 5.82 Å². The van der Waals surface area contributed by atoms with Crippen molar-refractivity contribution in [2.24, 2.45) is 0 Å². The Morgan fingerprint density at radius 3 is 2.46 bits per heavy atom. The second-order valence-electron chi connectivity index (χ2n) is 5.29. The molecule has 2 aromatic rings. The monoisotopic (exact) mass is 355 g/mol. The van der Waals surface area contributed by atoms with E-state index < -0.39 is 0 Å². The zero-order chi connectivity index (χ0) is 17.1. The largest absolute Gasteiger partial charge is 0.270 e. The van der Waals surface area contributed by atoms with E-state index in [1.165, 1.54) is 28.8 Å². The third-order valence-electron chi connectivity index (χ3n) is 3.43. The van der Waals surface area contributed by atoms with Gasteiger partial charge in [0.25, 0.3) is 5.91 Å². The smallest absolute Gasteiger partial charge is 0.268 e. The Hall–Kier alpha value is -2.24. The van der Waals surface area contributed by atoms with Crippen molar-refractivity contribution in [3.63, 3.8) is 0 Å². The Balaban J connectivity index is 1.85. The van der Waals surface area contributed by atoms with Gasteiger partial charge in [-0.25, -0.2) is 4.39 Å². The summed E-state index contributed by atoms with van der Waals surface area (Å²) in [6.45, 7) is 1.94. The highest BCUT2D eigenvalue weighted by Crippen LogP contribution is 2.35. The number of halogens is 1. The molecule has 5 heteroatoms. The molecule has 120 valence electrons. The van der Waals surface area contributed by atoms with E-state index in [1.807, 2.05) is 49.4 Å². The molecule has 0 saturated carbocycles. The lowest BCUT2D eigenvalue weighted by atomic mass is 10.1. The van der Waals surface area contributed by atoms with Crippen molar-refractivity contribution in [3.8, 4) is 0 Å². The fraction of sp³-hybridized carbons (Fsp3) is 0.0526. The van der Waals surface area contributed by atoms with E-state index >= 15 is 0 Å². The molecule has 1 saturated heterocycles. The first kappa shape index (κ1) is 16.6. The van der Waals surface area contributed by atoms with Gasteiger partial charge in [0.2, 0.25) is 0 Å². The number of nitrogens with zero attached hydrogens (tertiary/aromatic N) is 1. The quantitative estimate of drug-likeness (QED) is 0.559. The molecule has 2 aromatic carbocycles. The highest BCUT2D eigenvalue weighted by atomic mass is 32.2. The van der Waals surface area contributed by atoms with Gasteiger partial charge in [-0.15, -0.1) is 0 Å². The molecule has 0 bridgehead atoms. The number of rotatable bonds is 3. The molecule has 0 aliphatic carbocycles. The molecule has 0 atom stereocenters. The molecule has 0 N–H and O–H groups in total. The zero-order valence-electron chi connectivity index (χ0n) is 12.9. The number of hydrogen-bond acceptors (Lipinski definition) is 3. The van der Waals surface area contributed by atoms with Crippen molar-refractivity contribution in [1.29, 1.82) is 0 Å². The van der Waals surface area contributed by atoms with Crippen LogP contribution in [0.15, 0.2) is 71.2 Å². The van der Waals surface area contributed by atoms with Crippen molar-refractivity contribution in [2.75, 3.05) is 4.90 Å². The Labute approximate surface area is 149 Å². The van der Waals surface area contributed by atoms with Gasteiger partial charge in [0, 0.05) is 0 Å². The molecule has 0 aromatic heterocycles. The van der Waals surface area contributed by atoms with E-state index in [9.17, 15) is 9.18 Å². The summed E-state index contributed by atoms with van der Waals surface area (Å²) in [5.74, 6) is -0.529. The number of thiocarbonyl (C=S) groups is 1. The summed E-state index contributed by atoms with van der Waals surface area (Å²) in [5, 5.41) is 0. The first-order chi connectivity index (χ1) is 11.5.